The first-order valence-electron chi connectivity index (χ1n) is 9.33. The van der Waals surface area contributed by atoms with Crippen LogP contribution in [-0.4, -0.2) is 30.9 Å². The molecule has 0 atom stereocenters. The number of hydrogen-bond donors (Lipinski definition) is 1. The van der Waals surface area contributed by atoms with E-state index in [1.165, 1.54) is 37.5 Å². The smallest absolute Gasteiger partial charge is 0.337 e. The van der Waals surface area contributed by atoms with E-state index in [-0.39, 0.29) is 17.0 Å². The third kappa shape index (κ3) is 4.03. The molecule has 4 amide bonds. The number of barbiturate groups is 1. The van der Waals surface area contributed by atoms with Gasteiger partial charge in [-0.15, -0.1) is 0 Å². The van der Waals surface area contributed by atoms with Crippen LogP contribution in [0.2, 0.25) is 5.02 Å². The van der Waals surface area contributed by atoms with Gasteiger partial charge in [-0.1, -0.05) is 23.7 Å². The fraction of sp³-hybridized carbons (Fsp3) is 0.0435. The Morgan fingerprint density at radius 1 is 1.00 bits per heavy atom. The van der Waals surface area contributed by atoms with E-state index < -0.39 is 23.8 Å². The molecule has 0 radical (unpaired) electrons. The van der Waals surface area contributed by atoms with E-state index in [9.17, 15) is 19.2 Å². The maximum absolute atomic E-state index is 12.9. The van der Waals surface area contributed by atoms with Crippen molar-refractivity contribution in [3.63, 3.8) is 0 Å². The third-order valence-corrected chi connectivity index (χ3v) is 4.94. The SMILES string of the molecule is COC(=O)c1ccc(-c2ccc(/C=C3/C(=O)NC(=O)N(c4ccc(Cl)cc4)C3=O)o2)cc1. The minimum Gasteiger partial charge on any atom is -0.465 e. The molecule has 1 N–H and O–H groups in total. The van der Waals surface area contributed by atoms with E-state index in [2.05, 4.69) is 10.1 Å². The summed E-state index contributed by atoms with van der Waals surface area (Å²) in [4.78, 5) is 49.8. The number of benzene rings is 2. The van der Waals surface area contributed by atoms with E-state index in [0.29, 0.717) is 21.9 Å². The van der Waals surface area contributed by atoms with E-state index in [0.717, 1.165) is 4.90 Å². The van der Waals surface area contributed by atoms with Gasteiger partial charge in [0.15, 0.2) is 0 Å². The molecule has 8 nitrogen and oxygen atoms in total. The van der Waals surface area contributed by atoms with Crippen molar-refractivity contribution in [2.24, 2.45) is 0 Å². The first-order valence-corrected chi connectivity index (χ1v) is 9.71. The molecule has 0 aliphatic carbocycles. The second-order valence-corrected chi connectivity index (χ2v) is 7.14. The van der Waals surface area contributed by atoms with Crippen molar-refractivity contribution in [1.29, 1.82) is 0 Å². The standard InChI is InChI=1S/C23H15ClN2O6/c1-31-22(29)14-4-2-13(3-5-14)19-11-10-17(32-19)12-18-20(27)25-23(30)26(21(18)28)16-8-6-15(24)7-9-16/h2-12H,1H3,(H,25,27,30)/b18-12-. The minimum absolute atomic E-state index is 0.237. The number of carbonyl (C=O) groups excluding carboxylic acids is 4. The van der Waals surface area contributed by atoms with Gasteiger partial charge in [0.25, 0.3) is 11.8 Å². The van der Waals surface area contributed by atoms with Crippen molar-refractivity contribution in [2.75, 3.05) is 12.0 Å². The number of anilines is 1. The molecular formula is C23H15ClN2O6. The molecule has 32 heavy (non-hydrogen) atoms. The maximum Gasteiger partial charge on any atom is 0.337 e. The first-order chi connectivity index (χ1) is 15.4. The molecule has 1 aliphatic rings. The summed E-state index contributed by atoms with van der Waals surface area (Å²) in [5, 5.41) is 2.58. The number of esters is 1. The van der Waals surface area contributed by atoms with Crippen molar-refractivity contribution < 1.29 is 28.3 Å². The third-order valence-electron chi connectivity index (χ3n) is 4.69. The lowest BCUT2D eigenvalue weighted by atomic mass is 10.1. The summed E-state index contributed by atoms with van der Waals surface area (Å²) in [5.74, 6) is -1.38. The number of methoxy groups -OCH3 is 1. The molecule has 1 aliphatic heterocycles. The zero-order valence-electron chi connectivity index (χ0n) is 16.6. The molecular weight excluding hydrogens is 436 g/mol. The number of halogens is 1. The highest BCUT2D eigenvalue weighted by Gasteiger charge is 2.37. The van der Waals surface area contributed by atoms with Gasteiger partial charge in [0, 0.05) is 10.6 Å². The van der Waals surface area contributed by atoms with Crippen LogP contribution in [0.15, 0.2) is 70.7 Å². The predicted octanol–water partition coefficient (Wildman–Crippen LogP) is 4.05. The lowest BCUT2D eigenvalue weighted by Crippen LogP contribution is -2.54. The summed E-state index contributed by atoms with van der Waals surface area (Å²) < 4.78 is 10.4. The summed E-state index contributed by atoms with van der Waals surface area (Å²) in [7, 11) is 1.30. The highest BCUT2D eigenvalue weighted by Crippen LogP contribution is 2.26. The van der Waals surface area contributed by atoms with Crippen LogP contribution in [0.1, 0.15) is 16.1 Å². The highest BCUT2D eigenvalue weighted by atomic mass is 35.5. The topological polar surface area (TPSA) is 106 Å². The summed E-state index contributed by atoms with van der Waals surface area (Å²) in [6.07, 6.45) is 1.26. The maximum atomic E-state index is 12.9. The van der Waals surface area contributed by atoms with E-state index in [4.69, 9.17) is 16.0 Å². The number of nitrogens with one attached hydrogen (secondary N) is 1. The zero-order valence-corrected chi connectivity index (χ0v) is 17.4. The summed E-state index contributed by atoms with van der Waals surface area (Å²) in [6, 6.07) is 15.0. The van der Waals surface area contributed by atoms with E-state index in [1.54, 1.807) is 36.4 Å². The van der Waals surface area contributed by atoms with E-state index >= 15 is 0 Å². The molecule has 2 heterocycles. The van der Waals surface area contributed by atoms with Crippen LogP contribution < -0.4 is 10.2 Å². The molecule has 0 bridgehead atoms. The van der Waals surface area contributed by atoms with Crippen molar-refractivity contribution in [3.05, 3.63) is 82.6 Å². The van der Waals surface area contributed by atoms with Gasteiger partial charge in [-0.05, 0) is 54.6 Å². The van der Waals surface area contributed by atoms with E-state index in [1.807, 2.05) is 0 Å². The fourth-order valence-electron chi connectivity index (χ4n) is 3.10. The molecule has 3 aromatic rings. The molecule has 0 unspecified atom stereocenters. The number of urea groups is 1. The second-order valence-electron chi connectivity index (χ2n) is 6.71. The molecule has 1 fully saturated rings. The molecule has 0 saturated carbocycles. The number of carbonyl (C=O) groups is 4. The predicted molar refractivity (Wildman–Crippen MR) is 116 cm³/mol. The average molecular weight is 451 g/mol. The first kappa shape index (κ1) is 21.1. The molecule has 0 spiro atoms. The zero-order chi connectivity index (χ0) is 22.8. The normalized spacial score (nSPS) is 15.1. The Morgan fingerprint density at radius 2 is 1.69 bits per heavy atom. The van der Waals surface area contributed by atoms with Gasteiger partial charge in [0.05, 0.1) is 18.4 Å². The Kier molecular flexibility index (Phi) is 5.61. The van der Waals surface area contributed by atoms with Crippen LogP contribution in [0.4, 0.5) is 10.5 Å². The van der Waals surface area contributed by atoms with Gasteiger partial charge in [0.1, 0.15) is 17.1 Å². The van der Waals surface area contributed by atoms with Gasteiger partial charge in [-0.2, -0.15) is 0 Å². The van der Waals surface area contributed by atoms with Crippen molar-refractivity contribution in [2.45, 2.75) is 0 Å². The largest absolute Gasteiger partial charge is 0.465 e. The number of amides is 4. The molecule has 1 saturated heterocycles. The van der Waals surface area contributed by atoms with Crippen LogP contribution in [-0.2, 0) is 14.3 Å². The lowest BCUT2D eigenvalue weighted by molar-refractivity contribution is -0.122. The van der Waals surface area contributed by atoms with Crippen molar-refractivity contribution >= 4 is 47.2 Å². The average Bonchev–Trinajstić information content (AvgIpc) is 3.26. The second kappa shape index (κ2) is 8.52. The Balaban J connectivity index is 1.61. The van der Waals surface area contributed by atoms with Crippen LogP contribution in [0.5, 0.6) is 0 Å². The number of imide groups is 2. The minimum atomic E-state index is -0.856. The fourth-order valence-corrected chi connectivity index (χ4v) is 3.22. The number of nitrogens with zero attached hydrogens (tertiary/aromatic N) is 1. The summed E-state index contributed by atoms with van der Waals surface area (Å²) in [5.41, 5.74) is 1.07. The lowest BCUT2D eigenvalue weighted by Gasteiger charge is -2.26. The van der Waals surface area contributed by atoms with Gasteiger partial charge < -0.3 is 9.15 Å². The summed E-state index contributed by atoms with van der Waals surface area (Å²) >= 11 is 5.86. The Bertz CT molecular complexity index is 1260. The van der Waals surface area contributed by atoms with Crippen molar-refractivity contribution in [3.8, 4) is 11.3 Å². The Morgan fingerprint density at radius 3 is 2.34 bits per heavy atom. The van der Waals surface area contributed by atoms with Gasteiger partial charge in [0.2, 0.25) is 0 Å². The number of hydrogen-bond acceptors (Lipinski definition) is 6. The number of rotatable bonds is 4. The van der Waals surface area contributed by atoms with Gasteiger partial charge >= 0.3 is 12.0 Å². The molecule has 9 heteroatoms. The number of ether oxygens (including phenoxy) is 1. The van der Waals surface area contributed by atoms with Crippen molar-refractivity contribution in [1.82, 2.24) is 5.32 Å². The highest BCUT2D eigenvalue weighted by molar-refractivity contribution is 6.39. The molecule has 4 rings (SSSR count). The molecule has 1 aromatic heterocycles. The molecule has 160 valence electrons. The van der Waals surface area contributed by atoms with Crippen LogP contribution >= 0.6 is 11.6 Å². The Labute approximate surface area is 187 Å². The van der Waals surface area contributed by atoms with Gasteiger partial charge in [-0.25, -0.2) is 14.5 Å². The monoisotopic (exact) mass is 450 g/mol. The quantitative estimate of drug-likeness (QED) is 0.365. The Hall–Kier alpha value is -4.17. The van der Waals surface area contributed by atoms with Crippen LogP contribution in [0.25, 0.3) is 17.4 Å². The molecule has 2 aromatic carbocycles. The van der Waals surface area contributed by atoms with Crippen LogP contribution in [0.3, 0.4) is 0 Å². The summed E-state index contributed by atoms with van der Waals surface area (Å²) in [6.45, 7) is 0. The van der Waals surface area contributed by atoms with Crippen LogP contribution in [0, 0.1) is 0 Å². The van der Waals surface area contributed by atoms with Gasteiger partial charge in [-0.3, -0.25) is 14.9 Å². The number of furan rings is 1.